The van der Waals surface area contributed by atoms with Crippen molar-refractivity contribution in [1.82, 2.24) is 14.9 Å². The third kappa shape index (κ3) is 3.55. The van der Waals surface area contributed by atoms with Gasteiger partial charge in [0, 0.05) is 38.6 Å². The van der Waals surface area contributed by atoms with Gasteiger partial charge in [-0.3, -0.25) is 14.5 Å². The van der Waals surface area contributed by atoms with Gasteiger partial charge in [-0.25, -0.2) is 14.9 Å². The van der Waals surface area contributed by atoms with Crippen LogP contribution >= 0.6 is 0 Å². The lowest BCUT2D eigenvalue weighted by Crippen LogP contribution is -2.53. The second-order valence-electron chi connectivity index (χ2n) is 6.79. The number of nitrogens with zero attached hydrogens (tertiary/aromatic N) is 5. The molecule has 2 fully saturated rings. The van der Waals surface area contributed by atoms with Gasteiger partial charge in [0.05, 0.1) is 24.8 Å². The molecule has 0 radical (unpaired) electrons. The molecule has 0 saturated carbocycles. The largest absolute Gasteiger partial charge is 0.494 e. The number of ether oxygens (including phenoxy) is 1. The summed E-state index contributed by atoms with van der Waals surface area (Å²) in [6, 6.07) is 8.47. The first-order valence-corrected chi connectivity index (χ1v) is 9.53. The van der Waals surface area contributed by atoms with E-state index in [9.17, 15) is 9.59 Å². The summed E-state index contributed by atoms with van der Waals surface area (Å²) < 4.78 is 5.43. The number of imide groups is 1. The molecule has 0 aliphatic carbocycles. The molecule has 1 atom stereocenters. The maximum absolute atomic E-state index is 13.0. The molecule has 2 amide bonds. The number of rotatable bonds is 5. The van der Waals surface area contributed by atoms with Gasteiger partial charge >= 0.3 is 0 Å². The van der Waals surface area contributed by atoms with Crippen molar-refractivity contribution in [2.24, 2.45) is 0 Å². The average Bonchev–Trinajstić information content (AvgIpc) is 3.04. The van der Waals surface area contributed by atoms with Crippen molar-refractivity contribution in [3.05, 3.63) is 42.7 Å². The molecule has 0 bridgehead atoms. The van der Waals surface area contributed by atoms with Gasteiger partial charge in [0.15, 0.2) is 0 Å². The van der Waals surface area contributed by atoms with Crippen LogP contribution in [-0.4, -0.2) is 65.5 Å². The average molecular weight is 381 g/mol. The third-order valence-corrected chi connectivity index (χ3v) is 5.12. The first kappa shape index (κ1) is 18.4. The molecule has 8 nitrogen and oxygen atoms in total. The zero-order valence-corrected chi connectivity index (χ0v) is 15.8. The molecule has 0 unspecified atom stereocenters. The van der Waals surface area contributed by atoms with Gasteiger partial charge in [-0.2, -0.15) is 0 Å². The molecular formula is C20H23N5O3. The number of hydrogen-bond acceptors (Lipinski definition) is 7. The van der Waals surface area contributed by atoms with Gasteiger partial charge in [0.1, 0.15) is 5.75 Å². The minimum atomic E-state index is -0.405. The fourth-order valence-electron chi connectivity index (χ4n) is 3.72. The lowest BCUT2D eigenvalue weighted by molar-refractivity contribution is -0.123. The Bertz CT molecular complexity index is 835. The molecule has 2 aromatic rings. The van der Waals surface area contributed by atoms with Crippen molar-refractivity contribution in [2.75, 3.05) is 42.6 Å². The monoisotopic (exact) mass is 381 g/mol. The highest BCUT2D eigenvalue weighted by molar-refractivity contribution is 6.22. The predicted molar refractivity (Wildman–Crippen MR) is 104 cm³/mol. The zero-order chi connectivity index (χ0) is 19.5. The van der Waals surface area contributed by atoms with Crippen LogP contribution in [0, 0.1) is 0 Å². The van der Waals surface area contributed by atoms with E-state index in [2.05, 4.69) is 19.8 Å². The second kappa shape index (κ2) is 7.93. The number of hydrogen-bond donors (Lipinski definition) is 0. The van der Waals surface area contributed by atoms with Crippen molar-refractivity contribution in [3.63, 3.8) is 0 Å². The van der Waals surface area contributed by atoms with Crippen molar-refractivity contribution in [1.29, 1.82) is 0 Å². The molecule has 0 spiro atoms. The van der Waals surface area contributed by atoms with Gasteiger partial charge in [0.2, 0.25) is 11.9 Å². The summed E-state index contributed by atoms with van der Waals surface area (Å²) >= 11 is 0. The van der Waals surface area contributed by atoms with Gasteiger partial charge in [-0.05, 0) is 37.3 Å². The van der Waals surface area contributed by atoms with Crippen molar-refractivity contribution in [3.8, 4) is 5.75 Å². The number of piperazine rings is 1. The maximum atomic E-state index is 13.0. The molecule has 8 heteroatoms. The van der Waals surface area contributed by atoms with E-state index in [0.717, 1.165) is 18.8 Å². The Morgan fingerprint density at radius 2 is 1.71 bits per heavy atom. The van der Waals surface area contributed by atoms with Gasteiger partial charge < -0.3 is 9.64 Å². The highest BCUT2D eigenvalue weighted by Crippen LogP contribution is 2.28. The molecule has 146 valence electrons. The second-order valence-corrected chi connectivity index (χ2v) is 6.79. The van der Waals surface area contributed by atoms with E-state index in [0.29, 0.717) is 31.3 Å². The number of carbonyl (C=O) groups excluding carboxylic acids is 2. The van der Waals surface area contributed by atoms with E-state index in [1.165, 1.54) is 4.90 Å². The van der Waals surface area contributed by atoms with Crippen LogP contribution in [-0.2, 0) is 9.59 Å². The van der Waals surface area contributed by atoms with E-state index < -0.39 is 6.04 Å². The van der Waals surface area contributed by atoms with E-state index >= 15 is 0 Å². The number of amides is 2. The SMILES string of the molecule is CCOc1ccc(N2C(=O)C[C@@H](N3CCN(c4ncccn4)CC3)C2=O)cc1. The molecule has 1 aromatic carbocycles. The highest BCUT2D eigenvalue weighted by Gasteiger charge is 2.43. The lowest BCUT2D eigenvalue weighted by Gasteiger charge is -2.36. The normalized spacial score (nSPS) is 20.7. The summed E-state index contributed by atoms with van der Waals surface area (Å²) in [5.74, 6) is 1.11. The summed E-state index contributed by atoms with van der Waals surface area (Å²) in [4.78, 5) is 39.6. The van der Waals surface area contributed by atoms with E-state index in [4.69, 9.17) is 4.74 Å². The topological polar surface area (TPSA) is 78.9 Å². The van der Waals surface area contributed by atoms with Gasteiger partial charge in [-0.1, -0.05) is 0 Å². The summed E-state index contributed by atoms with van der Waals surface area (Å²) in [5, 5.41) is 0. The summed E-state index contributed by atoms with van der Waals surface area (Å²) in [7, 11) is 0. The fraction of sp³-hybridized carbons (Fsp3) is 0.400. The highest BCUT2D eigenvalue weighted by atomic mass is 16.5. The molecule has 1 aromatic heterocycles. The Morgan fingerprint density at radius 1 is 1.04 bits per heavy atom. The van der Waals surface area contributed by atoms with Crippen LogP contribution < -0.4 is 14.5 Å². The predicted octanol–water partition coefficient (Wildman–Crippen LogP) is 1.33. The molecule has 2 aliphatic heterocycles. The quantitative estimate of drug-likeness (QED) is 0.723. The zero-order valence-electron chi connectivity index (χ0n) is 15.8. The smallest absolute Gasteiger partial charge is 0.251 e. The van der Waals surface area contributed by atoms with E-state index in [1.807, 2.05) is 6.92 Å². The molecular weight excluding hydrogens is 358 g/mol. The Hall–Kier alpha value is -3.00. The Morgan fingerprint density at radius 3 is 2.36 bits per heavy atom. The van der Waals surface area contributed by atoms with Crippen LogP contribution in [0.3, 0.4) is 0 Å². The molecule has 0 N–H and O–H groups in total. The van der Waals surface area contributed by atoms with Crippen LogP contribution in [0.4, 0.5) is 11.6 Å². The first-order valence-electron chi connectivity index (χ1n) is 9.53. The number of aromatic nitrogens is 2. The fourth-order valence-corrected chi connectivity index (χ4v) is 3.72. The van der Waals surface area contributed by atoms with Gasteiger partial charge in [-0.15, -0.1) is 0 Å². The number of anilines is 2. The summed E-state index contributed by atoms with van der Waals surface area (Å²) in [6.45, 7) is 5.33. The van der Waals surface area contributed by atoms with Crippen molar-refractivity contribution >= 4 is 23.5 Å². The van der Waals surface area contributed by atoms with Crippen molar-refractivity contribution < 1.29 is 14.3 Å². The molecule has 28 heavy (non-hydrogen) atoms. The number of benzene rings is 1. The Kier molecular flexibility index (Phi) is 5.21. The molecule has 2 saturated heterocycles. The van der Waals surface area contributed by atoms with Crippen LogP contribution in [0.2, 0.25) is 0 Å². The summed E-state index contributed by atoms with van der Waals surface area (Å²) in [5.41, 5.74) is 0.595. The minimum absolute atomic E-state index is 0.154. The standard InChI is InChI=1S/C20H23N5O3/c1-2-28-16-6-4-15(5-7-16)25-18(26)14-17(19(25)27)23-10-12-24(13-11-23)20-21-8-3-9-22-20/h3-9,17H,2,10-14H2,1H3/t17-/m1/s1. The van der Waals surface area contributed by atoms with Crippen LogP contribution in [0.25, 0.3) is 0 Å². The van der Waals surface area contributed by atoms with Gasteiger partial charge in [0.25, 0.3) is 5.91 Å². The molecule has 4 rings (SSSR count). The van der Waals surface area contributed by atoms with E-state index in [-0.39, 0.29) is 18.2 Å². The van der Waals surface area contributed by atoms with Crippen LogP contribution in [0.15, 0.2) is 42.7 Å². The molecule has 2 aliphatic rings. The Balaban J connectivity index is 1.41. The summed E-state index contributed by atoms with van der Waals surface area (Å²) in [6.07, 6.45) is 3.67. The lowest BCUT2D eigenvalue weighted by atomic mass is 10.2. The number of carbonyl (C=O) groups is 2. The minimum Gasteiger partial charge on any atom is -0.494 e. The van der Waals surface area contributed by atoms with Crippen molar-refractivity contribution in [2.45, 2.75) is 19.4 Å². The van der Waals surface area contributed by atoms with E-state index in [1.54, 1.807) is 42.7 Å². The first-order chi connectivity index (χ1) is 13.7. The van der Waals surface area contributed by atoms with Crippen LogP contribution in [0.1, 0.15) is 13.3 Å². The van der Waals surface area contributed by atoms with Crippen LogP contribution in [0.5, 0.6) is 5.75 Å². The maximum Gasteiger partial charge on any atom is 0.251 e. The third-order valence-electron chi connectivity index (χ3n) is 5.12. The molecule has 3 heterocycles. The Labute approximate surface area is 163 Å².